The van der Waals surface area contributed by atoms with Gasteiger partial charge in [0.25, 0.3) is 15.9 Å². The molecule has 0 fully saturated rings. The lowest BCUT2D eigenvalue weighted by Crippen LogP contribution is -2.30. The van der Waals surface area contributed by atoms with Gasteiger partial charge in [-0.2, -0.15) is 0 Å². The molecule has 1 amide bonds. The molecule has 1 atom stereocenters. The molecule has 0 aromatic heterocycles. The van der Waals surface area contributed by atoms with Gasteiger partial charge in [-0.3, -0.25) is 9.52 Å². The number of carbonyl (C=O) groups excluding carboxylic acids is 1. The number of ether oxygens (including phenoxy) is 2. The first-order valence-electron chi connectivity index (χ1n) is 9.99. The van der Waals surface area contributed by atoms with E-state index in [-0.39, 0.29) is 10.8 Å². The van der Waals surface area contributed by atoms with Gasteiger partial charge in [0, 0.05) is 11.8 Å². The molecule has 0 saturated heterocycles. The van der Waals surface area contributed by atoms with Crippen molar-refractivity contribution in [3.8, 4) is 11.5 Å². The second-order valence-electron chi connectivity index (χ2n) is 7.38. The minimum atomic E-state index is -3.76. The molecule has 0 bridgehead atoms. The van der Waals surface area contributed by atoms with Crippen molar-refractivity contribution in [3.05, 3.63) is 77.9 Å². The minimum absolute atomic E-state index is 0.0937. The summed E-state index contributed by atoms with van der Waals surface area (Å²) < 4.78 is 38.8. The quantitative estimate of drug-likeness (QED) is 0.522. The fraction of sp³-hybridized carbons (Fsp3) is 0.208. The molecule has 0 saturated carbocycles. The van der Waals surface area contributed by atoms with Crippen LogP contribution in [0.3, 0.4) is 0 Å². The molecule has 3 rings (SSSR count). The molecule has 0 spiro atoms. The zero-order chi connectivity index (χ0) is 23.3. The second kappa shape index (κ2) is 9.74. The van der Waals surface area contributed by atoms with E-state index in [1.54, 1.807) is 44.4 Å². The standard InChI is InChI=1S/C24H26N2O5S/c1-16-8-13-23(17(2)14-16)26-32(28,29)22-11-9-19(10-12-22)25-24(27)18(3)31-21-7-5-6-20(15-21)30-4/h5-15,18,26H,1-4H3,(H,25,27)/t18-/m1/s1. The van der Waals surface area contributed by atoms with Gasteiger partial charge in [-0.25, -0.2) is 8.42 Å². The zero-order valence-electron chi connectivity index (χ0n) is 18.4. The number of nitrogens with one attached hydrogen (secondary N) is 2. The van der Waals surface area contributed by atoms with Crippen LogP contribution in [0, 0.1) is 13.8 Å². The summed E-state index contributed by atoms with van der Waals surface area (Å²) in [6.07, 6.45) is -0.767. The van der Waals surface area contributed by atoms with E-state index in [9.17, 15) is 13.2 Å². The molecule has 32 heavy (non-hydrogen) atoms. The highest BCUT2D eigenvalue weighted by atomic mass is 32.2. The molecular formula is C24H26N2O5S. The molecule has 0 heterocycles. The summed E-state index contributed by atoms with van der Waals surface area (Å²) in [4.78, 5) is 12.6. The number of amides is 1. The van der Waals surface area contributed by atoms with E-state index in [2.05, 4.69) is 10.0 Å². The van der Waals surface area contributed by atoms with E-state index in [1.165, 1.54) is 24.3 Å². The third-order valence-electron chi connectivity index (χ3n) is 4.78. The maximum atomic E-state index is 12.7. The van der Waals surface area contributed by atoms with Crippen molar-refractivity contribution in [3.63, 3.8) is 0 Å². The average Bonchev–Trinajstić information content (AvgIpc) is 2.76. The van der Waals surface area contributed by atoms with Crippen LogP contribution in [0.2, 0.25) is 0 Å². The smallest absolute Gasteiger partial charge is 0.265 e. The monoisotopic (exact) mass is 454 g/mol. The molecule has 8 heteroatoms. The van der Waals surface area contributed by atoms with E-state index >= 15 is 0 Å². The number of hydrogen-bond acceptors (Lipinski definition) is 5. The Kier molecular flexibility index (Phi) is 7.05. The summed E-state index contributed by atoms with van der Waals surface area (Å²) in [5.74, 6) is 0.768. The zero-order valence-corrected chi connectivity index (χ0v) is 19.2. The van der Waals surface area contributed by atoms with E-state index < -0.39 is 16.1 Å². The number of sulfonamides is 1. The van der Waals surface area contributed by atoms with Crippen molar-refractivity contribution in [2.75, 3.05) is 17.1 Å². The molecule has 0 aliphatic rings. The predicted molar refractivity (Wildman–Crippen MR) is 125 cm³/mol. The van der Waals surface area contributed by atoms with Crippen LogP contribution < -0.4 is 19.5 Å². The topological polar surface area (TPSA) is 93.7 Å². The molecule has 0 aliphatic heterocycles. The van der Waals surface area contributed by atoms with Crippen molar-refractivity contribution < 1.29 is 22.7 Å². The summed E-state index contributed by atoms with van der Waals surface area (Å²) in [5, 5.41) is 2.72. The first-order chi connectivity index (χ1) is 15.2. The fourth-order valence-electron chi connectivity index (χ4n) is 3.03. The Bertz CT molecular complexity index is 1210. The molecule has 3 aromatic carbocycles. The van der Waals surface area contributed by atoms with Crippen LogP contribution in [0.25, 0.3) is 0 Å². The van der Waals surface area contributed by atoms with Crippen LogP contribution in [0.5, 0.6) is 11.5 Å². The Morgan fingerprint density at radius 2 is 1.62 bits per heavy atom. The van der Waals surface area contributed by atoms with Crippen LogP contribution in [-0.2, 0) is 14.8 Å². The van der Waals surface area contributed by atoms with Crippen molar-refractivity contribution in [2.45, 2.75) is 31.8 Å². The Labute approximate surface area is 188 Å². The molecule has 168 valence electrons. The highest BCUT2D eigenvalue weighted by Crippen LogP contribution is 2.23. The van der Waals surface area contributed by atoms with Gasteiger partial charge in [-0.15, -0.1) is 0 Å². The van der Waals surface area contributed by atoms with Crippen LogP contribution in [0.1, 0.15) is 18.1 Å². The summed E-state index contributed by atoms with van der Waals surface area (Å²) >= 11 is 0. The van der Waals surface area contributed by atoms with Crippen LogP contribution in [0.4, 0.5) is 11.4 Å². The first-order valence-corrected chi connectivity index (χ1v) is 11.5. The van der Waals surface area contributed by atoms with E-state index in [4.69, 9.17) is 9.47 Å². The van der Waals surface area contributed by atoms with Gasteiger partial charge in [-0.1, -0.05) is 23.8 Å². The third-order valence-corrected chi connectivity index (χ3v) is 6.16. The number of aryl methyl sites for hydroxylation is 2. The molecule has 7 nitrogen and oxygen atoms in total. The number of rotatable bonds is 8. The summed E-state index contributed by atoms with van der Waals surface area (Å²) in [7, 11) is -2.20. The molecule has 0 radical (unpaired) electrons. The number of hydrogen-bond donors (Lipinski definition) is 2. The third kappa shape index (κ3) is 5.79. The SMILES string of the molecule is COc1cccc(O[C@H](C)C(=O)Nc2ccc(S(=O)(=O)Nc3ccc(C)cc3C)cc2)c1. The number of benzene rings is 3. The largest absolute Gasteiger partial charge is 0.497 e. The minimum Gasteiger partial charge on any atom is -0.497 e. The summed E-state index contributed by atoms with van der Waals surface area (Å²) in [6.45, 7) is 5.42. The molecule has 0 unspecified atom stereocenters. The van der Waals surface area contributed by atoms with E-state index in [0.717, 1.165) is 11.1 Å². The van der Waals surface area contributed by atoms with Gasteiger partial charge in [-0.05, 0) is 68.8 Å². The summed E-state index contributed by atoms with van der Waals surface area (Å²) in [6, 6.07) is 18.4. The van der Waals surface area contributed by atoms with Crippen molar-refractivity contribution in [1.29, 1.82) is 0 Å². The van der Waals surface area contributed by atoms with Gasteiger partial charge in [0.1, 0.15) is 11.5 Å². The second-order valence-corrected chi connectivity index (χ2v) is 9.06. The fourth-order valence-corrected chi connectivity index (χ4v) is 4.16. The Morgan fingerprint density at radius 1 is 0.938 bits per heavy atom. The van der Waals surface area contributed by atoms with Gasteiger partial charge in [0.05, 0.1) is 17.7 Å². The van der Waals surface area contributed by atoms with Gasteiger partial charge in [0.15, 0.2) is 6.10 Å². The highest BCUT2D eigenvalue weighted by molar-refractivity contribution is 7.92. The predicted octanol–water partition coefficient (Wildman–Crippen LogP) is 4.52. The van der Waals surface area contributed by atoms with Gasteiger partial charge >= 0.3 is 0 Å². The maximum Gasteiger partial charge on any atom is 0.265 e. The Hall–Kier alpha value is -3.52. The Balaban J connectivity index is 1.64. The van der Waals surface area contributed by atoms with E-state index in [0.29, 0.717) is 22.9 Å². The molecule has 3 aromatic rings. The normalized spacial score (nSPS) is 12.0. The number of methoxy groups -OCH3 is 1. The van der Waals surface area contributed by atoms with Crippen molar-refractivity contribution in [2.24, 2.45) is 0 Å². The van der Waals surface area contributed by atoms with Crippen molar-refractivity contribution >= 4 is 27.3 Å². The van der Waals surface area contributed by atoms with Crippen molar-refractivity contribution in [1.82, 2.24) is 0 Å². The van der Waals surface area contributed by atoms with Gasteiger partial charge in [0.2, 0.25) is 0 Å². The molecular weight excluding hydrogens is 428 g/mol. The summed E-state index contributed by atoms with van der Waals surface area (Å²) in [5.41, 5.74) is 2.87. The Morgan fingerprint density at radius 3 is 2.28 bits per heavy atom. The van der Waals surface area contributed by atoms with Crippen LogP contribution in [-0.4, -0.2) is 27.5 Å². The number of anilines is 2. The lowest BCUT2D eigenvalue weighted by atomic mass is 10.1. The average molecular weight is 455 g/mol. The van der Waals surface area contributed by atoms with Gasteiger partial charge < -0.3 is 14.8 Å². The lowest BCUT2D eigenvalue weighted by molar-refractivity contribution is -0.122. The maximum absolute atomic E-state index is 12.7. The molecule has 0 aliphatic carbocycles. The van der Waals surface area contributed by atoms with Crippen LogP contribution in [0.15, 0.2) is 71.6 Å². The highest BCUT2D eigenvalue weighted by Gasteiger charge is 2.18. The van der Waals surface area contributed by atoms with E-state index in [1.807, 2.05) is 26.0 Å². The number of carbonyl (C=O) groups is 1. The van der Waals surface area contributed by atoms with Crippen LogP contribution >= 0.6 is 0 Å². The lowest BCUT2D eigenvalue weighted by Gasteiger charge is -2.15. The molecule has 2 N–H and O–H groups in total. The first kappa shape index (κ1) is 23.1.